The van der Waals surface area contributed by atoms with E-state index in [1.54, 1.807) is 45.0 Å². The Bertz CT molecular complexity index is 1700. The predicted octanol–water partition coefficient (Wildman–Crippen LogP) is 3.10. The molecular weight excluding hydrogens is 835 g/mol. The summed E-state index contributed by atoms with van der Waals surface area (Å²) in [6.45, 7) is 10.9. The molecule has 1 aliphatic rings. The maximum Gasteiger partial charge on any atom is 0.404 e. The topological polar surface area (TPSA) is 197 Å². The molecule has 18 heteroatoms. The van der Waals surface area contributed by atoms with Gasteiger partial charge in [0.15, 0.2) is 5.96 Å². The number of benzene rings is 1. The summed E-state index contributed by atoms with van der Waals surface area (Å²) in [5.41, 5.74) is 0.848. The molecule has 368 valence electrons. The van der Waals surface area contributed by atoms with E-state index in [9.17, 15) is 28.8 Å². The Kier molecular flexibility index (Phi) is 23.8. The maximum atomic E-state index is 14.4. The zero-order valence-electron chi connectivity index (χ0n) is 41.7. The predicted molar refractivity (Wildman–Crippen MR) is 252 cm³/mol. The molecule has 1 aromatic carbocycles. The Morgan fingerprint density at radius 3 is 2.03 bits per heavy atom. The third kappa shape index (κ3) is 16.8. The number of rotatable bonds is 25. The minimum atomic E-state index is -1.15. The molecule has 6 amide bonds. The summed E-state index contributed by atoms with van der Waals surface area (Å²) in [7, 11) is 15.7. The molecule has 0 aliphatic carbocycles. The van der Waals surface area contributed by atoms with Crippen LogP contribution < -0.4 is 10.6 Å². The lowest BCUT2D eigenvalue weighted by Gasteiger charge is -2.40. The number of hydrogen-bond acceptors (Lipinski definition) is 9. The first-order valence-electron chi connectivity index (χ1n) is 23.0. The van der Waals surface area contributed by atoms with Gasteiger partial charge in [0.25, 0.3) is 0 Å². The van der Waals surface area contributed by atoms with E-state index in [0.717, 1.165) is 12.0 Å². The second-order valence-corrected chi connectivity index (χ2v) is 18.2. The number of likely N-dealkylation sites (N-methyl/N-ethyl adjacent to an activating group) is 3. The van der Waals surface area contributed by atoms with Crippen molar-refractivity contribution < 1.29 is 43.3 Å². The second-order valence-electron chi connectivity index (χ2n) is 18.2. The van der Waals surface area contributed by atoms with Crippen LogP contribution in [-0.2, 0) is 39.9 Å². The number of ether oxygens (including phenoxy) is 2. The van der Waals surface area contributed by atoms with Gasteiger partial charge >= 0.3 is 6.09 Å². The Morgan fingerprint density at radius 2 is 1.49 bits per heavy atom. The highest BCUT2D eigenvalue weighted by Crippen LogP contribution is 2.30. The van der Waals surface area contributed by atoms with Crippen LogP contribution in [0, 0.1) is 17.8 Å². The highest BCUT2D eigenvalue weighted by atomic mass is 16.5. The quantitative estimate of drug-likeness (QED) is 0.0741. The number of hydrogen-bond donors (Lipinski definition) is 3. The lowest BCUT2D eigenvalue weighted by molar-refractivity contribution is -0.147. The van der Waals surface area contributed by atoms with Crippen molar-refractivity contribution in [3.63, 3.8) is 0 Å². The van der Waals surface area contributed by atoms with Gasteiger partial charge in [-0.2, -0.15) is 0 Å². The van der Waals surface area contributed by atoms with Gasteiger partial charge in [-0.3, -0.25) is 24.0 Å². The normalized spacial score (nSPS) is 16.8. The first kappa shape index (κ1) is 56.2. The van der Waals surface area contributed by atoms with Gasteiger partial charge in [-0.25, -0.2) is 9.79 Å². The van der Waals surface area contributed by atoms with Crippen LogP contribution in [0.3, 0.4) is 0 Å². The Hall–Kier alpha value is -4.97. The number of likely N-dealkylation sites (tertiary alicyclic amines) is 1. The van der Waals surface area contributed by atoms with E-state index in [1.165, 1.54) is 16.9 Å². The van der Waals surface area contributed by atoms with E-state index < -0.39 is 54.3 Å². The number of guanidine groups is 1. The summed E-state index contributed by atoms with van der Waals surface area (Å²) in [4.78, 5) is 95.5. The van der Waals surface area contributed by atoms with Gasteiger partial charge in [0.2, 0.25) is 29.5 Å². The number of methoxy groups -OCH3 is 2. The van der Waals surface area contributed by atoms with Crippen LogP contribution >= 0.6 is 0 Å². The fraction of sp³-hybridized carbons (Fsp3) is 0.723. The molecule has 1 aliphatic heterocycles. The molecule has 1 heterocycles. The van der Waals surface area contributed by atoms with Crippen molar-refractivity contribution in [3.05, 3.63) is 35.9 Å². The number of aliphatic imine (C=N–C) groups is 1. The van der Waals surface area contributed by atoms with Gasteiger partial charge in [-0.1, -0.05) is 71.4 Å². The molecule has 0 radical (unpaired) electrons. The summed E-state index contributed by atoms with van der Waals surface area (Å²) in [6.07, 6.45) is 0.320. The molecule has 2 rings (SSSR count). The molecule has 1 saturated heterocycles. The van der Waals surface area contributed by atoms with Crippen molar-refractivity contribution in [2.45, 2.75) is 116 Å². The number of nitrogens with zero attached hydrogens (tertiary/aromatic N) is 7. The van der Waals surface area contributed by atoms with E-state index in [0.29, 0.717) is 31.8 Å². The van der Waals surface area contributed by atoms with Crippen molar-refractivity contribution in [3.8, 4) is 0 Å². The molecule has 0 saturated carbocycles. The molecule has 3 N–H and O–H groups in total. The van der Waals surface area contributed by atoms with Gasteiger partial charge in [0, 0.05) is 103 Å². The average molecular weight is 916 g/mol. The van der Waals surface area contributed by atoms with Gasteiger partial charge in [-0.15, -0.1) is 0 Å². The van der Waals surface area contributed by atoms with Crippen molar-refractivity contribution in [1.29, 1.82) is 0 Å². The fourth-order valence-corrected chi connectivity index (χ4v) is 8.54. The molecular formula is C47H81N9O9. The molecule has 1 fully saturated rings. The van der Waals surface area contributed by atoms with Crippen molar-refractivity contribution >= 4 is 41.6 Å². The summed E-state index contributed by atoms with van der Waals surface area (Å²) in [5.74, 6) is -1.43. The summed E-state index contributed by atoms with van der Waals surface area (Å²) < 4.78 is 12.1. The van der Waals surface area contributed by atoms with Gasteiger partial charge in [-0.05, 0) is 36.7 Å². The van der Waals surface area contributed by atoms with E-state index in [2.05, 4.69) is 24.5 Å². The molecule has 0 aromatic heterocycles. The molecule has 65 heavy (non-hydrogen) atoms. The van der Waals surface area contributed by atoms with Crippen LogP contribution in [0.25, 0.3) is 0 Å². The molecule has 1 aromatic rings. The standard InChI is InChI=1S/C47H81N9O9/c1-15-32(4)41(55(12)45(61)40(31(2)3)50-46(51(6)7)52(8)9)37(64-13)30-39(58)56-26-20-23-36(56)42(65-14)33(5)43(59)49-35(29-34-21-17-16-18-22-34)44(60)54(11)28-27-53(10)38(57)24-19-25-48-47(62)63/h16-18,21-22,31-33,35-37,40-42,48H,15,19-20,23-30H2,1-14H3,(H,49,59)(H,62,63)/t32-,33+,35-,36-,37+,40-,41-,42+/m0/s1. The van der Waals surface area contributed by atoms with E-state index in [1.807, 2.05) is 82.2 Å². The highest BCUT2D eigenvalue weighted by Gasteiger charge is 2.43. The lowest BCUT2D eigenvalue weighted by atomic mass is 9.89. The molecule has 18 nitrogen and oxygen atoms in total. The smallest absolute Gasteiger partial charge is 0.404 e. The molecule has 0 unspecified atom stereocenters. The van der Waals surface area contributed by atoms with Gasteiger partial charge < -0.3 is 54.6 Å². The van der Waals surface area contributed by atoms with E-state index in [-0.39, 0.29) is 74.4 Å². The summed E-state index contributed by atoms with van der Waals surface area (Å²) in [5, 5.41) is 14.0. The number of amides is 6. The number of nitrogens with one attached hydrogen (secondary N) is 2. The average Bonchev–Trinajstić information content (AvgIpc) is 3.75. The molecule has 0 spiro atoms. The van der Waals surface area contributed by atoms with Crippen LogP contribution in [-0.4, -0.2) is 202 Å². The third-order valence-electron chi connectivity index (χ3n) is 12.5. The molecule has 8 atom stereocenters. The van der Waals surface area contributed by atoms with Crippen LogP contribution in [0.2, 0.25) is 0 Å². The summed E-state index contributed by atoms with van der Waals surface area (Å²) in [6, 6.07) is 6.92. The minimum Gasteiger partial charge on any atom is -0.465 e. The van der Waals surface area contributed by atoms with Gasteiger partial charge in [0.05, 0.1) is 36.6 Å². The van der Waals surface area contributed by atoms with Crippen LogP contribution in [0.1, 0.15) is 78.7 Å². The Labute approximate surface area is 388 Å². The first-order valence-corrected chi connectivity index (χ1v) is 23.0. The Balaban J connectivity index is 2.29. The van der Waals surface area contributed by atoms with E-state index in [4.69, 9.17) is 19.6 Å². The van der Waals surface area contributed by atoms with E-state index >= 15 is 0 Å². The van der Waals surface area contributed by atoms with Crippen molar-refractivity contribution in [2.24, 2.45) is 22.7 Å². The van der Waals surface area contributed by atoms with Crippen LogP contribution in [0.15, 0.2) is 35.3 Å². The largest absolute Gasteiger partial charge is 0.465 e. The highest BCUT2D eigenvalue weighted by molar-refractivity contribution is 5.89. The number of carboxylic acid groups (broad SMARTS) is 1. The lowest BCUT2D eigenvalue weighted by Crippen LogP contribution is -2.56. The maximum absolute atomic E-state index is 14.4. The zero-order chi connectivity index (χ0) is 49.1. The fourth-order valence-electron chi connectivity index (χ4n) is 8.54. The number of carbonyl (C=O) groups is 6. The third-order valence-corrected chi connectivity index (χ3v) is 12.5. The van der Waals surface area contributed by atoms with Crippen LogP contribution in [0.4, 0.5) is 4.79 Å². The Morgan fingerprint density at radius 1 is 0.877 bits per heavy atom. The monoisotopic (exact) mass is 916 g/mol. The molecule has 0 bridgehead atoms. The summed E-state index contributed by atoms with van der Waals surface area (Å²) >= 11 is 0. The second kappa shape index (κ2) is 27.5. The van der Waals surface area contributed by atoms with Crippen LogP contribution in [0.5, 0.6) is 0 Å². The van der Waals surface area contributed by atoms with Gasteiger partial charge in [0.1, 0.15) is 12.1 Å². The SMILES string of the molecule is CC[C@H](C)[C@@H]([C@@H](CC(=O)N1CCC[C@H]1[C@H](OC)[C@@H](C)C(=O)N[C@@H](Cc1ccccc1)C(=O)N(C)CCN(C)C(=O)CCCNC(=O)O)OC)N(C)C(=O)[C@@H](N=C(N(C)C)N(C)C)C(C)C. The van der Waals surface area contributed by atoms with Crippen molar-refractivity contribution in [1.82, 2.24) is 40.0 Å². The number of carbonyl (C=O) groups excluding carboxylic acids is 5. The zero-order valence-corrected chi connectivity index (χ0v) is 41.7. The van der Waals surface area contributed by atoms with Crippen molar-refractivity contribution in [2.75, 3.05) is 89.7 Å². The minimum absolute atomic E-state index is 0.00952. The first-order chi connectivity index (χ1) is 30.6.